The van der Waals surface area contributed by atoms with Crippen LogP contribution in [-0.2, 0) is 0 Å². The largest absolute Gasteiger partial charge is 0.309 e. The predicted octanol–water partition coefficient (Wildman–Crippen LogP) is 13.5. The Morgan fingerprint density at radius 2 is 0.804 bits per heavy atom. The Morgan fingerprint density at radius 3 is 1.45 bits per heavy atom. The van der Waals surface area contributed by atoms with Crippen LogP contribution in [0.1, 0.15) is 0 Å². The van der Waals surface area contributed by atoms with Crippen molar-refractivity contribution in [3.05, 3.63) is 194 Å². The van der Waals surface area contributed by atoms with Gasteiger partial charge in [0.1, 0.15) is 0 Å². The Bertz CT molecular complexity index is 3470. The standard InChI is InChI=1S/C52H32N4/c1-3-13-34(14-4-1)50-51(35-15-5-2-6-16-35)54-52-44(53-50)29-25-33-23-24-36-31-37(26-28-39(36)49(33)52)55-47-22-12-9-19-42(47)43-32-38(27-30-48(43)55)56-45-20-10-7-17-40(45)41-18-8-11-21-46(41)56/h1-32H. The second-order valence-electron chi connectivity index (χ2n) is 14.6. The van der Waals surface area contributed by atoms with Gasteiger partial charge in [-0.2, -0.15) is 0 Å². The lowest BCUT2D eigenvalue weighted by Crippen LogP contribution is -1.97. The maximum atomic E-state index is 5.45. The van der Waals surface area contributed by atoms with Crippen molar-refractivity contribution < 1.29 is 0 Å². The van der Waals surface area contributed by atoms with Crippen LogP contribution >= 0.6 is 0 Å². The van der Waals surface area contributed by atoms with Crippen molar-refractivity contribution in [2.75, 3.05) is 0 Å². The molecule has 0 spiro atoms. The molecule has 12 rings (SSSR count). The van der Waals surface area contributed by atoms with E-state index >= 15 is 0 Å². The normalized spacial score (nSPS) is 11.9. The molecule has 260 valence electrons. The molecule has 3 heterocycles. The molecule has 56 heavy (non-hydrogen) atoms. The average molecular weight is 713 g/mol. The van der Waals surface area contributed by atoms with E-state index in [1.807, 2.05) is 12.1 Å². The monoisotopic (exact) mass is 712 g/mol. The molecule has 9 aromatic carbocycles. The van der Waals surface area contributed by atoms with Crippen molar-refractivity contribution in [2.24, 2.45) is 0 Å². The molecule has 4 heteroatoms. The number of hydrogen-bond donors (Lipinski definition) is 0. The predicted molar refractivity (Wildman–Crippen MR) is 234 cm³/mol. The van der Waals surface area contributed by atoms with Crippen LogP contribution in [-0.4, -0.2) is 19.1 Å². The van der Waals surface area contributed by atoms with Gasteiger partial charge in [-0.3, -0.25) is 0 Å². The van der Waals surface area contributed by atoms with Gasteiger partial charge < -0.3 is 9.13 Å². The molecule has 0 aliphatic carbocycles. The highest BCUT2D eigenvalue weighted by Gasteiger charge is 2.19. The molecule has 3 aromatic heterocycles. The topological polar surface area (TPSA) is 35.6 Å². The van der Waals surface area contributed by atoms with E-state index < -0.39 is 0 Å². The summed E-state index contributed by atoms with van der Waals surface area (Å²) >= 11 is 0. The first-order valence-electron chi connectivity index (χ1n) is 19.1. The van der Waals surface area contributed by atoms with Gasteiger partial charge in [0, 0.05) is 49.4 Å². The molecule has 0 bridgehead atoms. The van der Waals surface area contributed by atoms with Crippen molar-refractivity contribution in [3.63, 3.8) is 0 Å². The minimum Gasteiger partial charge on any atom is -0.309 e. The zero-order valence-electron chi connectivity index (χ0n) is 30.3. The van der Waals surface area contributed by atoms with Crippen LogP contribution in [0.15, 0.2) is 194 Å². The molecular weight excluding hydrogens is 681 g/mol. The summed E-state index contributed by atoms with van der Waals surface area (Å²) in [4.78, 5) is 10.7. The Kier molecular flexibility index (Phi) is 6.60. The van der Waals surface area contributed by atoms with Gasteiger partial charge in [-0.25, -0.2) is 9.97 Å². The van der Waals surface area contributed by atoms with Crippen molar-refractivity contribution in [3.8, 4) is 33.9 Å². The summed E-state index contributed by atoms with van der Waals surface area (Å²) in [5.74, 6) is 0. The number of aromatic nitrogens is 4. The van der Waals surface area contributed by atoms with Gasteiger partial charge in [0.25, 0.3) is 0 Å². The van der Waals surface area contributed by atoms with Crippen molar-refractivity contribution in [2.45, 2.75) is 0 Å². The first kappa shape index (κ1) is 30.9. The maximum Gasteiger partial charge on any atom is 0.0979 e. The van der Waals surface area contributed by atoms with Crippen molar-refractivity contribution in [1.82, 2.24) is 19.1 Å². The van der Waals surface area contributed by atoms with E-state index in [2.05, 4.69) is 191 Å². The SMILES string of the molecule is c1ccc(-c2nc3ccc4ccc5cc(-n6c7ccccc7c7cc(-n8c9ccccc9c9ccccc98)ccc76)ccc5c4c3nc2-c2ccccc2)cc1. The molecule has 0 amide bonds. The van der Waals surface area contributed by atoms with Gasteiger partial charge in [-0.15, -0.1) is 0 Å². The first-order valence-corrected chi connectivity index (χ1v) is 19.1. The molecule has 0 fully saturated rings. The van der Waals surface area contributed by atoms with E-state index in [4.69, 9.17) is 9.97 Å². The number of fused-ring (bicyclic) bond motifs is 11. The molecule has 12 aromatic rings. The van der Waals surface area contributed by atoms with Gasteiger partial charge in [-0.05, 0) is 70.8 Å². The van der Waals surface area contributed by atoms with Crippen LogP contribution in [0.5, 0.6) is 0 Å². The van der Waals surface area contributed by atoms with Crippen LogP contribution in [0.4, 0.5) is 0 Å². The van der Waals surface area contributed by atoms with Crippen LogP contribution < -0.4 is 0 Å². The third kappa shape index (κ3) is 4.53. The van der Waals surface area contributed by atoms with Crippen molar-refractivity contribution in [1.29, 1.82) is 0 Å². The van der Waals surface area contributed by atoms with Gasteiger partial charge >= 0.3 is 0 Å². The average Bonchev–Trinajstić information content (AvgIpc) is 3.78. The van der Waals surface area contributed by atoms with E-state index in [1.54, 1.807) is 0 Å². The third-order valence-corrected chi connectivity index (χ3v) is 11.5. The Balaban J connectivity index is 1.07. The number of rotatable bonds is 4. The fraction of sp³-hybridized carbons (Fsp3) is 0. The maximum absolute atomic E-state index is 5.45. The van der Waals surface area contributed by atoms with Crippen LogP contribution in [0, 0.1) is 0 Å². The second kappa shape index (κ2) is 12.0. The second-order valence-corrected chi connectivity index (χ2v) is 14.6. The minimum atomic E-state index is 0.883. The van der Waals surface area contributed by atoms with E-state index in [0.717, 1.165) is 66.5 Å². The zero-order valence-corrected chi connectivity index (χ0v) is 30.3. The minimum absolute atomic E-state index is 0.883. The molecule has 0 saturated carbocycles. The van der Waals surface area contributed by atoms with Crippen LogP contribution in [0.3, 0.4) is 0 Å². The van der Waals surface area contributed by atoms with Gasteiger partial charge in [0.2, 0.25) is 0 Å². The highest BCUT2D eigenvalue weighted by molar-refractivity contribution is 6.19. The lowest BCUT2D eigenvalue weighted by molar-refractivity contribution is 1.17. The Morgan fingerprint density at radius 1 is 0.321 bits per heavy atom. The summed E-state index contributed by atoms with van der Waals surface area (Å²) < 4.78 is 4.81. The first-order chi connectivity index (χ1) is 27.8. The molecule has 0 unspecified atom stereocenters. The van der Waals surface area contributed by atoms with E-state index in [1.165, 1.54) is 43.6 Å². The van der Waals surface area contributed by atoms with E-state index in [0.29, 0.717) is 0 Å². The zero-order chi connectivity index (χ0) is 36.7. The van der Waals surface area contributed by atoms with Crippen LogP contribution in [0.25, 0.3) is 110 Å². The summed E-state index contributed by atoms with van der Waals surface area (Å²) in [6, 6.07) is 69.5. The summed E-state index contributed by atoms with van der Waals surface area (Å²) in [6.45, 7) is 0. The molecule has 0 aliphatic rings. The van der Waals surface area contributed by atoms with E-state index in [-0.39, 0.29) is 0 Å². The van der Waals surface area contributed by atoms with Gasteiger partial charge in [0.05, 0.1) is 44.5 Å². The molecular formula is C52H32N4. The number of para-hydroxylation sites is 3. The molecule has 0 atom stereocenters. The number of benzene rings is 9. The molecule has 4 nitrogen and oxygen atoms in total. The quantitative estimate of drug-likeness (QED) is 0.170. The lowest BCUT2D eigenvalue weighted by atomic mass is 9.98. The Labute approximate surface area is 322 Å². The highest BCUT2D eigenvalue weighted by Crippen LogP contribution is 2.40. The Hall–Kier alpha value is -7.56. The summed E-state index contributed by atoms with van der Waals surface area (Å²) in [7, 11) is 0. The molecule has 0 radical (unpaired) electrons. The van der Waals surface area contributed by atoms with Crippen molar-refractivity contribution >= 4 is 76.2 Å². The summed E-state index contributed by atoms with van der Waals surface area (Å²) in [5, 5.41) is 9.57. The number of nitrogens with zero attached hydrogens (tertiary/aromatic N) is 4. The van der Waals surface area contributed by atoms with Gasteiger partial charge in [0.15, 0.2) is 0 Å². The van der Waals surface area contributed by atoms with Crippen LogP contribution in [0.2, 0.25) is 0 Å². The molecule has 0 N–H and O–H groups in total. The molecule has 0 saturated heterocycles. The summed E-state index contributed by atoms with van der Waals surface area (Å²) in [6.07, 6.45) is 0. The summed E-state index contributed by atoms with van der Waals surface area (Å²) in [5.41, 5.74) is 12.7. The number of hydrogen-bond acceptors (Lipinski definition) is 2. The van der Waals surface area contributed by atoms with Gasteiger partial charge in [-0.1, -0.05) is 140 Å². The third-order valence-electron chi connectivity index (χ3n) is 11.5. The molecule has 0 aliphatic heterocycles. The highest BCUT2D eigenvalue weighted by atomic mass is 15.0. The fourth-order valence-electron chi connectivity index (χ4n) is 8.97. The van der Waals surface area contributed by atoms with E-state index in [9.17, 15) is 0 Å². The smallest absolute Gasteiger partial charge is 0.0979 e. The fourth-order valence-corrected chi connectivity index (χ4v) is 8.97. The lowest BCUT2D eigenvalue weighted by Gasteiger charge is -2.14.